The number of hydrogen-bond acceptors (Lipinski definition) is 3. The summed E-state index contributed by atoms with van der Waals surface area (Å²) in [4.78, 5) is 12.5. The van der Waals surface area contributed by atoms with Crippen LogP contribution in [0.25, 0.3) is 0 Å². The summed E-state index contributed by atoms with van der Waals surface area (Å²) in [7, 11) is 1.56. The van der Waals surface area contributed by atoms with E-state index in [1.165, 1.54) is 0 Å². The minimum atomic E-state index is -0.218. The number of para-hydroxylation sites is 1. The Balaban J connectivity index is 1.73. The molecule has 0 aliphatic rings. The Hall–Kier alpha value is -2.79. The Morgan fingerprint density at radius 2 is 1.69 bits per heavy atom. The molecule has 0 aromatic heterocycles. The minimum Gasteiger partial charge on any atom is -0.493 e. The van der Waals surface area contributed by atoms with Crippen molar-refractivity contribution in [1.29, 1.82) is 0 Å². The van der Waals surface area contributed by atoms with Gasteiger partial charge in [-0.15, -0.1) is 0 Å². The maximum atomic E-state index is 12.5. The van der Waals surface area contributed by atoms with E-state index in [1.807, 2.05) is 54.6 Å². The third-order valence-corrected chi connectivity index (χ3v) is 4.48. The van der Waals surface area contributed by atoms with Crippen molar-refractivity contribution in [2.24, 2.45) is 0 Å². The molecule has 0 heterocycles. The molecule has 3 aromatic carbocycles. The first-order chi connectivity index (χ1) is 12.7. The summed E-state index contributed by atoms with van der Waals surface area (Å²) < 4.78 is 12.0. The zero-order valence-corrected chi connectivity index (χ0v) is 15.8. The number of hydrogen-bond donors (Lipinski definition) is 1. The second-order valence-corrected chi connectivity index (χ2v) is 6.43. The fraction of sp³-hybridized carbons (Fsp3) is 0.0952. The number of carbonyl (C=O) groups is 1. The number of nitrogens with one attached hydrogen (secondary N) is 1. The highest BCUT2D eigenvalue weighted by Gasteiger charge is 2.12. The van der Waals surface area contributed by atoms with Crippen LogP contribution >= 0.6 is 15.9 Å². The molecule has 0 atom stereocenters. The molecule has 26 heavy (non-hydrogen) atoms. The average molecular weight is 412 g/mol. The van der Waals surface area contributed by atoms with Crippen LogP contribution in [0.2, 0.25) is 0 Å². The van der Waals surface area contributed by atoms with Crippen LogP contribution in [-0.2, 0) is 6.61 Å². The SMILES string of the molecule is COc1cc(C(=O)Nc2ccccc2Br)ccc1OCc1ccccc1. The highest BCUT2D eigenvalue weighted by atomic mass is 79.9. The molecule has 0 saturated carbocycles. The molecule has 0 bridgehead atoms. The van der Waals surface area contributed by atoms with Gasteiger partial charge in [-0.3, -0.25) is 4.79 Å². The van der Waals surface area contributed by atoms with E-state index >= 15 is 0 Å². The summed E-state index contributed by atoms with van der Waals surface area (Å²) in [5, 5.41) is 2.87. The van der Waals surface area contributed by atoms with Crippen molar-refractivity contribution in [3.63, 3.8) is 0 Å². The molecule has 0 unspecified atom stereocenters. The molecule has 5 heteroatoms. The van der Waals surface area contributed by atoms with E-state index in [0.29, 0.717) is 29.4 Å². The molecule has 0 radical (unpaired) electrons. The summed E-state index contributed by atoms with van der Waals surface area (Å²) >= 11 is 3.42. The van der Waals surface area contributed by atoms with Gasteiger partial charge in [0, 0.05) is 10.0 Å². The van der Waals surface area contributed by atoms with Crippen LogP contribution in [0, 0.1) is 0 Å². The number of halogens is 1. The van der Waals surface area contributed by atoms with Crippen molar-refractivity contribution in [3.8, 4) is 11.5 Å². The standard InChI is InChI=1S/C21H18BrNO3/c1-25-20-13-16(21(24)23-18-10-6-5-9-17(18)22)11-12-19(20)26-14-15-7-3-2-4-8-15/h2-13H,14H2,1H3,(H,23,24). The van der Waals surface area contributed by atoms with Crippen LogP contribution in [0.5, 0.6) is 11.5 Å². The molecule has 3 rings (SSSR count). The zero-order valence-electron chi connectivity index (χ0n) is 14.2. The Morgan fingerprint density at radius 3 is 2.42 bits per heavy atom. The molecule has 4 nitrogen and oxygen atoms in total. The molecule has 0 aliphatic heterocycles. The van der Waals surface area contributed by atoms with Crippen molar-refractivity contribution in [2.45, 2.75) is 6.61 Å². The van der Waals surface area contributed by atoms with Gasteiger partial charge in [0.15, 0.2) is 11.5 Å². The second kappa shape index (κ2) is 8.54. The van der Waals surface area contributed by atoms with Gasteiger partial charge in [-0.1, -0.05) is 42.5 Å². The van der Waals surface area contributed by atoms with Crippen LogP contribution in [0.3, 0.4) is 0 Å². The lowest BCUT2D eigenvalue weighted by atomic mass is 10.1. The first-order valence-corrected chi connectivity index (χ1v) is 8.87. The van der Waals surface area contributed by atoms with Gasteiger partial charge in [0.05, 0.1) is 12.8 Å². The normalized spacial score (nSPS) is 10.2. The number of ether oxygens (including phenoxy) is 2. The predicted molar refractivity (Wildman–Crippen MR) is 106 cm³/mol. The van der Waals surface area contributed by atoms with Crippen LogP contribution in [0.1, 0.15) is 15.9 Å². The van der Waals surface area contributed by atoms with Crippen molar-refractivity contribution in [2.75, 3.05) is 12.4 Å². The van der Waals surface area contributed by atoms with Crippen LogP contribution < -0.4 is 14.8 Å². The van der Waals surface area contributed by atoms with Crippen molar-refractivity contribution in [1.82, 2.24) is 0 Å². The van der Waals surface area contributed by atoms with Gasteiger partial charge in [0.1, 0.15) is 6.61 Å². The number of rotatable bonds is 6. The van der Waals surface area contributed by atoms with Gasteiger partial charge in [-0.05, 0) is 51.8 Å². The number of carbonyl (C=O) groups excluding carboxylic acids is 1. The Bertz CT molecular complexity index is 897. The number of benzene rings is 3. The van der Waals surface area contributed by atoms with Gasteiger partial charge in [-0.2, -0.15) is 0 Å². The van der Waals surface area contributed by atoms with Crippen LogP contribution in [0.4, 0.5) is 5.69 Å². The van der Waals surface area contributed by atoms with E-state index < -0.39 is 0 Å². The lowest BCUT2D eigenvalue weighted by molar-refractivity contribution is 0.102. The number of methoxy groups -OCH3 is 1. The minimum absolute atomic E-state index is 0.218. The predicted octanol–water partition coefficient (Wildman–Crippen LogP) is 5.29. The Morgan fingerprint density at radius 1 is 0.962 bits per heavy atom. The van der Waals surface area contributed by atoms with Crippen LogP contribution in [-0.4, -0.2) is 13.0 Å². The number of amides is 1. The summed E-state index contributed by atoms with van der Waals surface area (Å²) in [6, 6.07) is 22.5. The molecule has 0 fully saturated rings. The van der Waals surface area contributed by atoms with Gasteiger partial charge >= 0.3 is 0 Å². The van der Waals surface area contributed by atoms with E-state index in [2.05, 4.69) is 21.2 Å². The van der Waals surface area contributed by atoms with E-state index in [-0.39, 0.29) is 5.91 Å². The molecular formula is C21H18BrNO3. The number of anilines is 1. The third-order valence-electron chi connectivity index (χ3n) is 3.79. The van der Waals surface area contributed by atoms with Gasteiger partial charge in [0.2, 0.25) is 0 Å². The largest absolute Gasteiger partial charge is 0.493 e. The van der Waals surface area contributed by atoms with Gasteiger partial charge < -0.3 is 14.8 Å². The fourth-order valence-electron chi connectivity index (χ4n) is 2.42. The van der Waals surface area contributed by atoms with Crippen molar-refractivity contribution >= 4 is 27.5 Å². The van der Waals surface area contributed by atoms with Crippen LogP contribution in [0.15, 0.2) is 77.3 Å². The first kappa shape index (κ1) is 18.0. The summed E-state index contributed by atoms with van der Waals surface area (Å²) in [6.07, 6.45) is 0. The van der Waals surface area contributed by atoms with Crippen molar-refractivity contribution in [3.05, 3.63) is 88.4 Å². The molecular weight excluding hydrogens is 394 g/mol. The molecule has 0 spiro atoms. The van der Waals surface area contributed by atoms with Crippen molar-refractivity contribution < 1.29 is 14.3 Å². The Kier molecular flexibility index (Phi) is 5.92. The third kappa shape index (κ3) is 4.43. The van der Waals surface area contributed by atoms with Gasteiger partial charge in [-0.25, -0.2) is 0 Å². The fourth-order valence-corrected chi connectivity index (χ4v) is 2.80. The van der Waals surface area contributed by atoms with E-state index in [0.717, 1.165) is 10.0 Å². The molecule has 3 aromatic rings. The molecule has 1 N–H and O–H groups in total. The van der Waals surface area contributed by atoms with E-state index in [1.54, 1.807) is 25.3 Å². The first-order valence-electron chi connectivity index (χ1n) is 8.08. The maximum absolute atomic E-state index is 12.5. The summed E-state index contributed by atoms with van der Waals surface area (Å²) in [6.45, 7) is 0.430. The summed E-state index contributed by atoms with van der Waals surface area (Å²) in [5.41, 5.74) is 2.26. The quantitative estimate of drug-likeness (QED) is 0.599. The lowest BCUT2D eigenvalue weighted by Gasteiger charge is -2.13. The molecule has 1 amide bonds. The topological polar surface area (TPSA) is 47.6 Å². The molecule has 132 valence electrons. The van der Waals surface area contributed by atoms with E-state index in [9.17, 15) is 4.79 Å². The highest BCUT2D eigenvalue weighted by Crippen LogP contribution is 2.29. The second-order valence-electron chi connectivity index (χ2n) is 5.57. The molecule has 0 saturated heterocycles. The lowest BCUT2D eigenvalue weighted by Crippen LogP contribution is -2.12. The average Bonchev–Trinajstić information content (AvgIpc) is 2.68. The van der Waals surface area contributed by atoms with Gasteiger partial charge in [0.25, 0.3) is 5.91 Å². The molecule has 0 aliphatic carbocycles. The smallest absolute Gasteiger partial charge is 0.255 e. The maximum Gasteiger partial charge on any atom is 0.255 e. The van der Waals surface area contributed by atoms with E-state index in [4.69, 9.17) is 9.47 Å². The monoisotopic (exact) mass is 411 g/mol. The zero-order chi connectivity index (χ0) is 18.4. The summed E-state index contributed by atoms with van der Waals surface area (Å²) in [5.74, 6) is 0.888. The highest BCUT2D eigenvalue weighted by molar-refractivity contribution is 9.10. The Labute approximate surface area is 160 Å².